The molecule has 0 amide bonds. The van der Waals surface area contributed by atoms with Gasteiger partial charge in [-0.1, -0.05) is 6.92 Å². The molecule has 2 aliphatic rings. The first-order valence-corrected chi connectivity index (χ1v) is 7.35. The predicted molar refractivity (Wildman–Crippen MR) is 71.2 cm³/mol. The molecule has 2 rings (SSSR count). The van der Waals surface area contributed by atoms with Crippen LogP contribution in [-0.2, 0) is 4.74 Å². The first-order chi connectivity index (χ1) is 8.36. The average Bonchev–Trinajstić information content (AvgIpc) is 2.88. The maximum Gasteiger partial charge on any atom is 0.0507 e. The van der Waals surface area contributed by atoms with Gasteiger partial charge in [-0.3, -0.25) is 0 Å². The molecule has 0 aromatic heterocycles. The fourth-order valence-electron chi connectivity index (χ4n) is 2.98. The lowest BCUT2D eigenvalue weighted by Gasteiger charge is -2.28. The van der Waals surface area contributed by atoms with Crippen molar-refractivity contribution in [3.8, 4) is 0 Å². The second-order valence-electron chi connectivity index (χ2n) is 5.81. The smallest absolute Gasteiger partial charge is 0.0507 e. The lowest BCUT2D eigenvalue weighted by atomic mass is 9.85. The Bertz CT molecular complexity index is 198. The van der Waals surface area contributed by atoms with Crippen LogP contribution in [0.1, 0.15) is 32.6 Å². The third-order valence-corrected chi connectivity index (χ3v) is 4.37. The van der Waals surface area contributed by atoms with Gasteiger partial charge in [-0.05, 0) is 63.1 Å². The maximum atomic E-state index is 5.38. The maximum absolute atomic E-state index is 5.38. The van der Waals surface area contributed by atoms with Gasteiger partial charge in [-0.25, -0.2) is 0 Å². The van der Waals surface area contributed by atoms with E-state index in [-0.39, 0.29) is 0 Å². The Morgan fingerprint density at radius 2 is 2.35 bits per heavy atom. The lowest BCUT2D eigenvalue weighted by molar-refractivity contribution is 0.185. The summed E-state index contributed by atoms with van der Waals surface area (Å²) in [5, 5.41) is 7.11. The largest absolute Gasteiger partial charge is 0.381 e. The van der Waals surface area contributed by atoms with Crippen molar-refractivity contribution >= 4 is 0 Å². The third kappa shape index (κ3) is 4.57. The van der Waals surface area contributed by atoms with Crippen LogP contribution >= 0.6 is 0 Å². The van der Waals surface area contributed by atoms with Gasteiger partial charge in [0.25, 0.3) is 0 Å². The Labute approximate surface area is 106 Å². The molecule has 0 aliphatic carbocycles. The summed E-state index contributed by atoms with van der Waals surface area (Å²) in [6.07, 6.45) is 5.35. The van der Waals surface area contributed by atoms with Crippen molar-refractivity contribution in [2.45, 2.75) is 32.6 Å². The molecular formula is C14H28N2O. The molecule has 2 aliphatic heterocycles. The van der Waals surface area contributed by atoms with Crippen LogP contribution in [0, 0.1) is 17.8 Å². The van der Waals surface area contributed by atoms with Crippen molar-refractivity contribution in [1.29, 1.82) is 0 Å². The van der Waals surface area contributed by atoms with Crippen molar-refractivity contribution in [2.75, 3.05) is 39.4 Å². The molecule has 0 aromatic rings. The van der Waals surface area contributed by atoms with E-state index in [0.717, 1.165) is 37.5 Å². The van der Waals surface area contributed by atoms with E-state index in [4.69, 9.17) is 4.74 Å². The van der Waals surface area contributed by atoms with Crippen LogP contribution in [0.15, 0.2) is 0 Å². The van der Waals surface area contributed by atoms with Gasteiger partial charge in [0.05, 0.1) is 6.61 Å². The van der Waals surface area contributed by atoms with Gasteiger partial charge >= 0.3 is 0 Å². The quantitative estimate of drug-likeness (QED) is 0.693. The Morgan fingerprint density at radius 3 is 3.06 bits per heavy atom. The van der Waals surface area contributed by atoms with Gasteiger partial charge in [-0.2, -0.15) is 0 Å². The normalized spacial score (nSPS) is 31.6. The molecule has 0 aromatic carbocycles. The van der Waals surface area contributed by atoms with Crippen LogP contribution < -0.4 is 10.6 Å². The zero-order valence-corrected chi connectivity index (χ0v) is 11.2. The van der Waals surface area contributed by atoms with Gasteiger partial charge in [-0.15, -0.1) is 0 Å². The molecule has 2 heterocycles. The van der Waals surface area contributed by atoms with E-state index in [0.29, 0.717) is 0 Å². The van der Waals surface area contributed by atoms with Gasteiger partial charge in [0.15, 0.2) is 0 Å². The first kappa shape index (κ1) is 13.3. The van der Waals surface area contributed by atoms with Crippen LogP contribution in [0.25, 0.3) is 0 Å². The van der Waals surface area contributed by atoms with Crippen molar-refractivity contribution in [3.05, 3.63) is 0 Å². The van der Waals surface area contributed by atoms with E-state index >= 15 is 0 Å². The SMILES string of the molecule is CC(CCNCC1CCOC1)C1CCCNC1. The van der Waals surface area contributed by atoms with Crippen molar-refractivity contribution in [2.24, 2.45) is 17.8 Å². The molecule has 100 valence electrons. The number of ether oxygens (including phenoxy) is 1. The standard InChI is InChI=1S/C14H28N2O/c1-12(14-3-2-6-15-10-14)4-7-16-9-13-5-8-17-11-13/h12-16H,2-11H2,1H3. The van der Waals surface area contributed by atoms with Gasteiger partial charge in [0.1, 0.15) is 0 Å². The highest BCUT2D eigenvalue weighted by Crippen LogP contribution is 2.22. The summed E-state index contributed by atoms with van der Waals surface area (Å²) in [6.45, 7) is 9.13. The topological polar surface area (TPSA) is 33.3 Å². The van der Waals surface area contributed by atoms with Crippen molar-refractivity contribution < 1.29 is 4.74 Å². The molecule has 3 unspecified atom stereocenters. The van der Waals surface area contributed by atoms with E-state index in [1.807, 2.05) is 0 Å². The summed E-state index contributed by atoms with van der Waals surface area (Å²) >= 11 is 0. The molecule has 3 atom stereocenters. The second kappa shape index (κ2) is 7.34. The van der Waals surface area contributed by atoms with Crippen LogP contribution in [0.2, 0.25) is 0 Å². The first-order valence-electron chi connectivity index (χ1n) is 7.35. The molecule has 0 bridgehead atoms. The number of piperidine rings is 1. The fourth-order valence-corrected chi connectivity index (χ4v) is 2.98. The molecule has 3 heteroatoms. The van der Waals surface area contributed by atoms with Crippen molar-refractivity contribution in [3.63, 3.8) is 0 Å². The van der Waals surface area contributed by atoms with Gasteiger partial charge < -0.3 is 15.4 Å². The number of nitrogens with one attached hydrogen (secondary N) is 2. The highest BCUT2D eigenvalue weighted by molar-refractivity contribution is 4.75. The number of hydrogen-bond donors (Lipinski definition) is 2. The van der Waals surface area contributed by atoms with Gasteiger partial charge in [0, 0.05) is 13.2 Å². The van der Waals surface area contributed by atoms with E-state index in [9.17, 15) is 0 Å². The predicted octanol–water partition coefficient (Wildman–Crippen LogP) is 1.64. The molecule has 0 spiro atoms. The van der Waals surface area contributed by atoms with Gasteiger partial charge in [0.2, 0.25) is 0 Å². The summed E-state index contributed by atoms with van der Waals surface area (Å²) in [4.78, 5) is 0. The summed E-state index contributed by atoms with van der Waals surface area (Å²) in [5.74, 6) is 2.53. The second-order valence-corrected chi connectivity index (χ2v) is 5.81. The molecule has 2 fully saturated rings. The number of rotatable bonds is 6. The van der Waals surface area contributed by atoms with Crippen LogP contribution in [0.3, 0.4) is 0 Å². The van der Waals surface area contributed by atoms with Crippen LogP contribution in [-0.4, -0.2) is 39.4 Å². The van der Waals surface area contributed by atoms with E-state index in [1.54, 1.807) is 0 Å². The Hall–Kier alpha value is -0.120. The monoisotopic (exact) mass is 240 g/mol. The molecule has 17 heavy (non-hydrogen) atoms. The molecular weight excluding hydrogens is 212 g/mol. The van der Waals surface area contributed by atoms with Crippen LogP contribution in [0.5, 0.6) is 0 Å². The molecule has 0 radical (unpaired) electrons. The third-order valence-electron chi connectivity index (χ3n) is 4.37. The van der Waals surface area contributed by atoms with E-state index in [2.05, 4.69) is 17.6 Å². The highest BCUT2D eigenvalue weighted by atomic mass is 16.5. The minimum atomic E-state index is 0.765. The van der Waals surface area contributed by atoms with Crippen molar-refractivity contribution in [1.82, 2.24) is 10.6 Å². The molecule has 3 nitrogen and oxygen atoms in total. The minimum absolute atomic E-state index is 0.765. The Balaban J connectivity index is 1.51. The lowest BCUT2D eigenvalue weighted by Crippen LogP contribution is -2.34. The zero-order chi connectivity index (χ0) is 11.9. The Morgan fingerprint density at radius 1 is 1.41 bits per heavy atom. The minimum Gasteiger partial charge on any atom is -0.381 e. The van der Waals surface area contributed by atoms with E-state index < -0.39 is 0 Å². The highest BCUT2D eigenvalue weighted by Gasteiger charge is 2.19. The summed E-state index contributed by atoms with van der Waals surface area (Å²) < 4.78 is 5.38. The number of hydrogen-bond acceptors (Lipinski definition) is 3. The summed E-state index contributed by atoms with van der Waals surface area (Å²) in [7, 11) is 0. The Kier molecular flexibility index (Phi) is 5.75. The summed E-state index contributed by atoms with van der Waals surface area (Å²) in [6, 6.07) is 0. The van der Waals surface area contributed by atoms with E-state index in [1.165, 1.54) is 45.3 Å². The van der Waals surface area contributed by atoms with Crippen LogP contribution in [0.4, 0.5) is 0 Å². The average molecular weight is 240 g/mol. The molecule has 2 N–H and O–H groups in total. The zero-order valence-electron chi connectivity index (χ0n) is 11.2. The fraction of sp³-hybridized carbons (Fsp3) is 1.00. The molecule has 2 saturated heterocycles. The molecule has 0 saturated carbocycles. The summed E-state index contributed by atoms with van der Waals surface area (Å²) in [5.41, 5.74) is 0.